The summed E-state index contributed by atoms with van der Waals surface area (Å²) in [7, 11) is 0. The van der Waals surface area contributed by atoms with Gasteiger partial charge in [-0.2, -0.15) is 0 Å². The molecule has 1 fully saturated rings. The van der Waals surface area contributed by atoms with Crippen LogP contribution in [0.1, 0.15) is 40.3 Å². The minimum atomic E-state index is -0.945. The van der Waals surface area contributed by atoms with Crippen LogP contribution in [-0.4, -0.2) is 39.5 Å². The van der Waals surface area contributed by atoms with Crippen molar-refractivity contribution in [3.05, 3.63) is 45.9 Å². The Bertz CT molecular complexity index is 774. The zero-order valence-corrected chi connectivity index (χ0v) is 14.8. The molecule has 1 amide bonds. The maximum atomic E-state index is 12.7. The van der Waals surface area contributed by atoms with Crippen molar-refractivity contribution in [2.24, 2.45) is 0 Å². The number of aryl methyl sites for hydroxylation is 1. The number of hydrogen-bond acceptors (Lipinski definition) is 5. The van der Waals surface area contributed by atoms with Gasteiger partial charge in [0, 0.05) is 17.5 Å². The largest absolute Gasteiger partial charge is 0.487 e. The molecular formula is C18H20N2O4S. The highest BCUT2D eigenvalue weighted by molar-refractivity contribution is 7.09. The van der Waals surface area contributed by atoms with E-state index in [1.54, 1.807) is 35.6 Å². The van der Waals surface area contributed by atoms with Gasteiger partial charge in [0.1, 0.15) is 18.4 Å². The van der Waals surface area contributed by atoms with E-state index in [2.05, 4.69) is 4.98 Å². The molecule has 3 rings (SSSR count). The Labute approximate surface area is 150 Å². The van der Waals surface area contributed by atoms with Gasteiger partial charge in [-0.25, -0.2) is 9.78 Å². The second kappa shape index (κ2) is 7.65. The van der Waals surface area contributed by atoms with Crippen LogP contribution in [0, 0.1) is 6.92 Å². The number of aliphatic carboxylic acids is 1. The molecule has 132 valence electrons. The Kier molecular flexibility index (Phi) is 5.33. The lowest BCUT2D eigenvalue weighted by Crippen LogP contribution is -2.47. The highest BCUT2D eigenvalue weighted by Gasteiger charge is 2.32. The lowest BCUT2D eigenvalue weighted by Gasteiger charge is -2.33. The zero-order valence-electron chi connectivity index (χ0n) is 14.0. The molecule has 0 saturated carbocycles. The van der Waals surface area contributed by atoms with Gasteiger partial charge in [0.2, 0.25) is 0 Å². The van der Waals surface area contributed by atoms with Crippen LogP contribution in [0.2, 0.25) is 0 Å². The van der Waals surface area contributed by atoms with Crippen LogP contribution in [-0.2, 0) is 11.4 Å². The maximum absolute atomic E-state index is 12.7. The molecule has 2 aromatic rings. The zero-order chi connectivity index (χ0) is 17.8. The number of carboxylic acid groups (broad SMARTS) is 1. The number of amides is 1. The monoisotopic (exact) mass is 360 g/mol. The summed E-state index contributed by atoms with van der Waals surface area (Å²) in [5, 5.41) is 12.3. The van der Waals surface area contributed by atoms with E-state index in [-0.39, 0.29) is 5.91 Å². The molecule has 1 aromatic heterocycles. The first-order valence-electron chi connectivity index (χ1n) is 8.22. The molecule has 7 heteroatoms. The number of rotatable bonds is 5. The fraction of sp³-hybridized carbons (Fsp3) is 0.389. The Morgan fingerprint density at radius 2 is 2.24 bits per heavy atom. The van der Waals surface area contributed by atoms with Crippen LogP contribution in [0.3, 0.4) is 0 Å². The molecule has 1 aliphatic rings. The van der Waals surface area contributed by atoms with E-state index in [9.17, 15) is 14.7 Å². The lowest BCUT2D eigenvalue weighted by molar-refractivity contribution is -0.143. The molecule has 0 radical (unpaired) electrons. The highest BCUT2D eigenvalue weighted by atomic mass is 32.1. The van der Waals surface area contributed by atoms with Gasteiger partial charge in [-0.15, -0.1) is 11.3 Å². The van der Waals surface area contributed by atoms with Crippen molar-refractivity contribution in [2.75, 3.05) is 6.54 Å². The second-order valence-electron chi connectivity index (χ2n) is 6.02. The predicted octanol–water partition coefficient (Wildman–Crippen LogP) is 3.11. The summed E-state index contributed by atoms with van der Waals surface area (Å²) < 4.78 is 5.71. The van der Waals surface area contributed by atoms with Crippen molar-refractivity contribution in [1.29, 1.82) is 0 Å². The maximum Gasteiger partial charge on any atom is 0.326 e. The van der Waals surface area contributed by atoms with E-state index in [1.807, 2.05) is 12.3 Å². The van der Waals surface area contributed by atoms with E-state index in [0.29, 0.717) is 30.9 Å². The van der Waals surface area contributed by atoms with Gasteiger partial charge in [0.25, 0.3) is 5.91 Å². The molecule has 1 unspecified atom stereocenters. The first-order valence-corrected chi connectivity index (χ1v) is 9.10. The number of piperidine rings is 1. The summed E-state index contributed by atoms with van der Waals surface area (Å²) in [5.74, 6) is -0.637. The average molecular weight is 360 g/mol. The van der Waals surface area contributed by atoms with Crippen LogP contribution >= 0.6 is 11.3 Å². The van der Waals surface area contributed by atoms with Gasteiger partial charge in [0.05, 0.1) is 10.7 Å². The molecule has 1 atom stereocenters. The van der Waals surface area contributed by atoms with E-state index in [1.165, 1.54) is 4.90 Å². The van der Waals surface area contributed by atoms with Crippen molar-refractivity contribution in [3.63, 3.8) is 0 Å². The minimum Gasteiger partial charge on any atom is -0.487 e. The second-order valence-corrected chi connectivity index (χ2v) is 7.08. The molecular weight excluding hydrogens is 340 g/mol. The van der Waals surface area contributed by atoms with Crippen LogP contribution in [0.15, 0.2) is 29.6 Å². The van der Waals surface area contributed by atoms with Crippen LogP contribution in [0.4, 0.5) is 0 Å². The van der Waals surface area contributed by atoms with Crippen LogP contribution in [0.25, 0.3) is 0 Å². The summed E-state index contributed by atoms with van der Waals surface area (Å²) in [6, 6.07) is 6.13. The Morgan fingerprint density at radius 3 is 2.96 bits per heavy atom. The van der Waals surface area contributed by atoms with Gasteiger partial charge in [-0.1, -0.05) is 6.07 Å². The predicted molar refractivity (Wildman–Crippen MR) is 93.9 cm³/mol. The first kappa shape index (κ1) is 17.4. The van der Waals surface area contributed by atoms with Crippen molar-refractivity contribution in [2.45, 2.75) is 38.8 Å². The molecule has 0 bridgehead atoms. The standard InChI is InChI=1S/C18H20N2O4S/c1-12-19-14(11-25-12)10-24-15-6-4-5-13(9-15)17(21)20-8-3-2-7-16(20)18(22)23/h4-6,9,11,16H,2-3,7-8,10H2,1H3,(H,22,23). The molecule has 25 heavy (non-hydrogen) atoms. The third-order valence-corrected chi connectivity index (χ3v) is 5.01. The summed E-state index contributed by atoms with van der Waals surface area (Å²) in [6.07, 6.45) is 2.16. The fourth-order valence-electron chi connectivity index (χ4n) is 2.95. The SMILES string of the molecule is Cc1nc(COc2cccc(C(=O)N3CCCCC3C(=O)O)c2)cs1. The molecule has 0 aliphatic carbocycles. The number of aromatic nitrogens is 1. The third kappa shape index (κ3) is 4.17. The number of nitrogens with zero attached hydrogens (tertiary/aromatic N) is 2. The van der Waals surface area contributed by atoms with E-state index in [0.717, 1.165) is 23.5 Å². The van der Waals surface area contributed by atoms with Gasteiger partial charge in [0.15, 0.2) is 0 Å². The fourth-order valence-corrected chi connectivity index (χ4v) is 3.55. The molecule has 1 saturated heterocycles. The lowest BCUT2D eigenvalue weighted by atomic mass is 10.0. The first-order chi connectivity index (χ1) is 12.0. The van der Waals surface area contributed by atoms with E-state index in [4.69, 9.17) is 4.74 Å². The normalized spacial score (nSPS) is 17.3. The molecule has 2 heterocycles. The topological polar surface area (TPSA) is 79.7 Å². The van der Waals surface area contributed by atoms with Crippen molar-refractivity contribution in [1.82, 2.24) is 9.88 Å². The smallest absolute Gasteiger partial charge is 0.326 e. The number of carbonyl (C=O) groups excluding carboxylic acids is 1. The Morgan fingerprint density at radius 1 is 1.40 bits per heavy atom. The molecule has 1 aliphatic heterocycles. The number of thiazole rings is 1. The number of hydrogen-bond donors (Lipinski definition) is 1. The Balaban J connectivity index is 1.71. The number of ether oxygens (including phenoxy) is 1. The van der Waals surface area contributed by atoms with Gasteiger partial charge < -0.3 is 14.7 Å². The summed E-state index contributed by atoms with van der Waals surface area (Å²) in [6.45, 7) is 2.74. The highest BCUT2D eigenvalue weighted by Crippen LogP contribution is 2.22. The van der Waals surface area contributed by atoms with Crippen LogP contribution < -0.4 is 4.74 Å². The molecule has 1 N–H and O–H groups in total. The van der Waals surface area contributed by atoms with Crippen molar-refractivity contribution >= 4 is 23.2 Å². The average Bonchev–Trinajstić information content (AvgIpc) is 3.05. The van der Waals surface area contributed by atoms with E-state index < -0.39 is 12.0 Å². The molecule has 0 spiro atoms. The summed E-state index contributed by atoms with van der Waals surface area (Å²) in [4.78, 5) is 29.9. The van der Waals surface area contributed by atoms with Gasteiger partial charge in [-0.3, -0.25) is 4.79 Å². The number of benzene rings is 1. The quantitative estimate of drug-likeness (QED) is 0.886. The van der Waals surface area contributed by atoms with Crippen molar-refractivity contribution in [3.8, 4) is 5.75 Å². The molecule has 6 nitrogen and oxygen atoms in total. The third-order valence-electron chi connectivity index (χ3n) is 4.18. The van der Waals surface area contributed by atoms with Gasteiger partial charge >= 0.3 is 5.97 Å². The summed E-state index contributed by atoms with van der Waals surface area (Å²) >= 11 is 1.56. The van der Waals surface area contributed by atoms with Gasteiger partial charge in [-0.05, 0) is 44.4 Å². The summed E-state index contributed by atoms with van der Waals surface area (Å²) in [5.41, 5.74) is 1.29. The van der Waals surface area contributed by atoms with Crippen molar-refractivity contribution < 1.29 is 19.4 Å². The number of likely N-dealkylation sites (tertiary alicyclic amines) is 1. The number of carbonyl (C=O) groups is 2. The molecule has 1 aromatic carbocycles. The minimum absolute atomic E-state index is 0.262. The van der Waals surface area contributed by atoms with E-state index >= 15 is 0 Å². The number of carboxylic acids is 1. The Hall–Kier alpha value is -2.41. The van der Waals surface area contributed by atoms with Crippen LogP contribution in [0.5, 0.6) is 5.75 Å².